The molecule has 0 atom stereocenters. The third kappa shape index (κ3) is 5.67. The number of rotatable bonds is 6. The first-order valence-electron chi connectivity index (χ1n) is 12.0. The zero-order valence-electron chi connectivity index (χ0n) is 20.5. The molecule has 0 aromatic carbocycles. The largest absolute Gasteiger partial charge is 0.435 e. The number of amides is 2. The van der Waals surface area contributed by atoms with Crippen molar-refractivity contribution in [2.24, 2.45) is 7.05 Å². The van der Waals surface area contributed by atoms with Gasteiger partial charge in [0, 0.05) is 30.4 Å². The maximum Gasteiger partial charge on any atom is 0.435 e. The predicted octanol–water partition coefficient (Wildman–Crippen LogP) is 4.05. The maximum absolute atomic E-state index is 13.6. The fourth-order valence-electron chi connectivity index (χ4n) is 4.43. The van der Waals surface area contributed by atoms with Crippen LogP contribution in [-0.4, -0.2) is 61.1 Å². The summed E-state index contributed by atoms with van der Waals surface area (Å²) in [5.74, 6) is -1.16. The molecule has 3 N–H and O–H groups in total. The van der Waals surface area contributed by atoms with E-state index in [0.29, 0.717) is 11.0 Å². The quantitative estimate of drug-likeness (QED) is 0.349. The zero-order chi connectivity index (χ0) is 26.9. The van der Waals surface area contributed by atoms with Crippen molar-refractivity contribution in [3.8, 4) is 11.3 Å². The molecule has 0 aliphatic carbocycles. The van der Waals surface area contributed by atoms with E-state index in [9.17, 15) is 22.8 Å². The zero-order valence-corrected chi connectivity index (χ0v) is 20.5. The Bertz CT molecular complexity index is 1490. The van der Waals surface area contributed by atoms with Crippen LogP contribution in [0, 0.1) is 0 Å². The number of piperidine rings is 1. The van der Waals surface area contributed by atoms with E-state index in [1.165, 1.54) is 12.3 Å². The molecule has 4 aromatic rings. The van der Waals surface area contributed by atoms with E-state index < -0.39 is 23.5 Å². The molecule has 1 fully saturated rings. The number of nitrogens with zero attached hydrogens (tertiary/aromatic N) is 5. The summed E-state index contributed by atoms with van der Waals surface area (Å²) in [4.78, 5) is 38.2. The summed E-state index contributed by atoms with van der Waals surface area (Å²) in [6.07, 6.45) is 3.97. The second-order valence-corrected chi connectivity index (χ2v) is 9.20. The number of carbonyl (C=O) groups is 2. The number of likely N-dealkylation sites (tertiary alicyclic amines) is 1. The van der Waals surface area contributed by atoms with Gasteiger partial charge in [0.1, 0.15) is 5.65 Å². The van der Waals surface area contributed by atoms with Crippen LogP contribution in [-0.2, 0) is 18.0 Å². The molecule has 5 heterocycles. The van der Waals surface area contributed by atoms with Gasteiger partial charge in [-0.1, -0.05) is 6.42 Å². The minimum Gasteiger partial charge on any atom is -0.339 e. The number of pyridine rings is 2. The molecular weight excluding hydrogens is 501 g/mol. The molecular formula is C25H25F3N8O2. The van der Waals surface area contributed by atoms with Gasteiger partial charge in [-0.3, -0.25) is 19.2 Å². The van der Waals surface area contributed by atoms with Gasteiger partial charge in [-0.15, -0.1) is 0 Å². The van der Waals surface area contributed by atoms with Crippen molar-refractivity contribution in [1.82, 2.24) is 29.6 Å². The molecule has 13 heteroatoms. The number of aryl methyl sites for hydroxylation is 1. The summed E-state index contributed by atoms with van der Waals surface area (Å²) in [7, 11) is 1.78. The van der Waals surface area contributed by atoms with Crippen molar-refractivity contribution in [2.45, 2.75) is 25.4 Å². The summed E-state index contributed by atoms with van der Waals surface area (Å²) >= 11 is 0. The van der Waals surface area contributed by atoms with Gasteiger partial charge in [0.25, 0.3) is 5.91 Å². The molecule has 1 aliphatic rings. The fourth-order valence-corrected chi connectivity index (χ4v) is 4.43. The van der Waals surface area contributed by atoms with Crippen molar-refractivity contribution in [2.75, 3.05) is 30.3 Å². The lowest BCUT2D eigenvalue weighted by atomic mass is 10.1. The van der Waals surface area contributed by atoms with Crippen LogP contribution < -0.4 is 10.6 Å². The van der Waals surface area contributed by atoms with Crippen LogP contribution in [0.4, 0.5) is 24.5 Å². The van der Waals surface area contributed by atoms with E-state index in [1.54, 1.807) is 24.0 Å². The molecule has 2 amide bonds. The Hall–Kier alpha value is -4.26. The number of nitrogens with one attached hydrogen (secondary N) is 3. The number of aromatic amines is 1. The monoisotopic (exact) mass is 526 g/mol. The molecule has 0 unspecified atom stereocenters. The number of anilines is 2. The third-order valence-corrected chi connectivity index (χ3v) is 6.25. The Kier molecular flexibility index (Phi) is 6.85. The number of halogens is 3. The highest BCUT2D eigenvalue weighted by Crippen LogP contribution is 2.35. The molecule has 38 heavy (non-hydrogen) atoms. The average Bonchev–Trinajstić information content (AvgIpc) is 3.49. The third-order valence-electron chi connectivity index (χ3n) is 6.25. The molecule has 0 saturated carbocycles. The van der Waals surface area contributed by atoms with Crippen molar-refractivity contribution in [1.29, 1.82) is 0 Å². The predicted molar refractivity (Wildman–Crippen MR) is 134 cm³/mol. The highest BCUT2D eigenvalue weighted by Gasteiger charge is 2.36. The standard InChI is InChI=1S/C25H25F3N8O2/c1-35-13-17(11-31-35)19-8-15-7-16(10-30-23(15)33-19)24(38)34-20-9-18(12-29-22(20)25(26,27)28)32-21(37)14-36-5-3-2-4-6-36/h7-13H,2-6,14H2,1H3,(H,30,33)(H,32,37)(H,34,38). The lowest BCUT2D eigenvalue weighted by Crippen LogP contribution is -2.36. The molecule has 0 bridgehead atoms. The van der Waals surface area contributed by atoms with Gasteiger partial charge in [0.2, 0.25) is 5.91 Å². The van der Waals surface area contributed by atoms with Gasteiger partial charge in [-0.05, 0) is 44.1 Å². The highest BCUT2D eigenvalue weighted by molar-refractivity contribution is 6.06. The molecule has 1 saturated heterocycles. The smallest absolute Gasteiger partial charge is 0.339 e. The Morgan fingerprint density at radius 3 is 2.53 bits per heavy atom. The Morgan fingerprint density at radius 2 is 1.82 bits per heavy atom. The van der Waals surface area contributed by atoms with E-state index >= 15 is 0 Å². The normalized spacial score (nSPS) is 14.5. The Labute approximate surface area is 215 Å². The number of alkyl halides is 3. The number of hydrogen-bond donors (Lipinski definition) is 3. The molecule has 10 nitrogen and oxygen atoms in total. The Morgan fingerprint density at radius 1 is 1.03 bits per heavy atom. The first-order valence-corrected chi connectivity index (χ1v) is 12.0. The van der Waals surface area contributed by atoms with Crippen LogP contribution in [0.3, 0.4) is 0 Å². The molecule has 5 rings (SSSR count). The fraction of sp³-hybridized carbons (Fsp3) is 0.320. The average molecular weight is 527 g/mol. The first kappa shape index (κ1) is 25.4. The Balaban J connectivity index is 1.35. The summed E-state index contributed by atoms with van der Waals surface area (Å²) in [6.45, 7) is 1.72. The van der Waals surface area contributed by atoms with Crippen LogP contribution in [0.1, 0.15) is 35.3 Å². The van der Waals surface area contributed by atoms with E-state index in [0.717, 1.165) is 55.9 Å². The van der Waals surface area contributed by atoms with Gasteiger partial charge >= 0.3 is 6.18 Å². The van der Waals surface area contributed by atoms with Crippen molar-refractivity contribution >= 4 is 34.2 Å². The number of fused-ring (bicyclic) bond motifs is 1. The van der Waals surface area contributed by atoms with Crippen LogP contribution in [0.5, 0.6) is 0 Å². The van der Waals surface area contributed by atoms with Crippen molar-refractivity contribution in [3.63, 3.8) is 0 Å². The molecule has 0 radical (unpaired) electrons. The van der Waals surface area contributed by atoms with Gasteiger partial charge in [0.05, 0.1) is 41.6 Å². The van der Waals surface area contributed by atoms with E-state index in [-0.39, 0.29) is 23.7 Å². The SMILES string of the molecule is Cn1cc(-c2cc3cc(C(=O)Nc4cc(NC(=O)CN5CCCCC5)cnc4C(F)(F)F)cnc3[nH]2)cn1. The van der Waals surface area contributed by atoms with Crippen LogP contribution in [0.25, 0.3) is 22.3 Å². The number of aromatic nitrogens is 5. The second-order valence-electron chi connectivity index (χ2n) is 9.20. The summed E-state index contributed by atoms with van der Waals surface area (Å²) in [6, 6.07) is 4.36. The molecule has 1 aliphatic heterocycles. The van der Waals surface area contributed by atoms with Crippen LogP contribution in [0.15, 0.2) is 43.0 Å². The summed E-state index contributed by atoms with van der Waals surface area (Å²) in [5.41, 5.74) is 0.332. The maximum atomic E-state index is 13.6. The minimum absolute atomic E-state index is 0.0515. The summed E-state index contributed by atoms with van der Waals surface area (Å²) in [5, 5.41) is 9.59. The molecule has 198 valence electrons. The van der Waals surface area contributed by atoms with Crippen LogP contribution in [0.2, 0.25) is 0 Å². The lowest BCUT2D eigenvalue weighted by molar-refractivity contribution is -0.140. The topological polar surface area (TPSA) is 121 Å². The lowest BCUT2D eigenvalue weighted by Gasteiger charge is -2.25. The van der Waals surface area contributed by atoms with Crippen molar-refractivity contribution < 1.29 is 22.8 Å². The molecule has 0 spiro atoms. The molecule has 4 aromatic heterocycles. The van der Waals surface area contributed by atoms with E-state index in [4.69, 9.17) is 0 Å². The van der Waals surface area contributed by atoms with E-state index in [1.807, 2.05) is 11.1 Å². The van der Waals surface area contributed by atoms with Gasteiger partial charge in [-0.25, -0.2) is 9.97 Å². The second kappa shape index (κ2) is 10.2. The van der Waals surface area contributed by atoms with Gasteiger partial charge in [0.15, 0.2) is 5.69 Å². The highest BCUT2D eigenvalue weighted by atomic mass is 19.4. The van der Waals surface area contributed by atoms with Gasteiger partial charge < -0.3 is 15.6 Å². The number of carbonyl (C=O) groups excluding carboxylic acids is 2. The number of H-pyrrole nitrogens is 1. The van der Waals surface area contributed by atoms with E-state index in [2.05, 4.69) is 30.7 Å². The van der Waals surface area contributed by atoms with Gasteiger partial charge in [-0.2, -0.15) is 18.3 Å². The van der Waals surface area contributed by atoms with Crippen molar-refractivity contribution in [3.05, 3.63) is 54.2 Å². The minimum atomic E-state index is -4.82. The first-order chi connectivity index (χ1) is 18.2. The summed E-state index contributed by atoms with van der Waals surface area (Å²) < 4.78 is 42.6. The van der Waals surface area contributed by atoms with Crippen LogP contribution >= 0.6 is 0 Å². The number of hydrogen-bond acceptors (Lipinski definition) is 6.